The predicted molar refractivity (Wildman–Crippen MR) is 64.4 cm³/mol. The summed E-state index contributed by atoms with van der Waals surface area (Å²) < 4.78 is 15.4. The molecule has 0 saturated heterocycles. The SMILES string of the molecule is C[C@@H](O)c1ccc(Sc2cnn(C)c2)c(F)c1. The van der Waals surface area contributed by atoms with E-state index in [9.17, 15) is 9.50 Å². The van der Waals surface area contributed by atoms with E-state index in [4.69, 9.17) is 0 Å². The zero-order valence-corrected chi connectivity index (χ0v) is 10.4. The number of aryl methyl sites for hydroxylation is 1. The normalized spacial score (nSPS) is 12.7. The van der Waals surface area contributed by atoms with Crippen molar-refractivity contribution in [3.05, 3.63) is 42.0 Å². The molecule has 2 rings (SSSR count). The van der Waals surface area contributed by atoms with E-state index in [1.165, 1.54) is 17.8 Å². The minimum absolute atomic E-state index is 0.322. The minimum Gasteiger partial charge on any atom is -0.389 e. The molecule has 1 heterocycles. The van der Waals surface area contributed by atoms with Crippen molar-refractivity contribution in [2.75, 3.05) is 0 Å². The summed E-state index contributed by atoms with van der Waals surface area (Å²) in [5.41, 5.74) is 0.582. The maximum absolute atomic E-state index is 13.7. The Morgan fingerprint density at radius 3 is 2.76 bits per heavy atom. The van der Waals surface area contributed by atoms with Crippen LogP contribution >= 0.6 is 11.8 Å². The van der Waals surface area contributed by atoms with Gasteiger partial charge < -0.3 is 5.11 Å². The standard InChI is InChI=1S/C12H13FN2OS/c1-8(16)9-3-4-12(11(13)5-9)17-10-6-14-15(2)7-10/h3-8,16H,1-2H3/t8-/m1/s1. The minimum atomic E-state index is -0.651. The molecule has 0 spiro atoms. The second kappa shape index (κ2) is 4.89. The van der Waals surface area contributed by atoms with Gasteiger partial charge >= 0.3 is 0 Å². The second-order valence-electron chi connectivity index (χ2n) is 3.82. The molecular weight excluding hydrogens is 239 g/mol. The third kappa shape index (κ3) is 2.87. The first-order chi connectivity index (χ1) is 8.06. The van der Waals surface area contributed by atoms with E-state index in [0.29, 0.717) is 10.5 Å². The summed E-state index contributed by atoms with van der Waals surface area (Å²) in [6, 6.07) is 4.77. The number of benzene rings is 1. The average Bonchev–Trinajstić information content (AvgIpc) is 2.67. The van der Waals surface area contributed by atoms with Crippen LogP contribution in [0, 0.1) is 5.82 Å². The van der Waals surface area contributed by atoms with Gasteiger partial charge in [-0.2, -0.15) is 5.10 Å². The number of rotatable bonds is 3. The average molecular weight is 252 g/mol. The number of halogens is 1. The van der Waals surface area contributed by atoms with Crippen LogP contribution in [-0.4, -0.2) is 14.9 Å². The van der Waals surface area contributed by atoms with Gasteiger partial charge in [0.25, 0.3) is 0 Å². The highest BCUT2D eigenvalue weighted by molar-refractivity contribution is 7.99. The van der Waals surface area contributed by atoms with Crippen molar-refractivity contribution in [2.24, 2.45) is 7.05 Å². The lowest BCUT2D eigenvalue weighted by Crippen LogP contribution is -1.92. The molecule has 90 valence electrons. The van der Waals surface area contributed by atoms with Crippen LogP contribution in [0.3, 0.4) is 0 Å². The van der Waals surface area contributed by atoms with Crippen LogP contribution in [0.1, 0.15) is 18.6 Å². The van der Waals surface area contributed by atoms with Crippen LogP contribution in [0.5, 0.6) is 0 Å². The Labute approximate surface area is 103 Å². The summed E-state index contributed by atoms with van der Waals surface area (Å²) in [6.45, 7) is 1.61. The zero-order chi connectivity index (χ0) is 12.4. The molecule has 1 atom stereocenters. The van der Waals surface area contributed by atoms with Crippen LogP contribution in [0.25, 0.3) is 0 Å². The highest BCUT2D eigenvalue weighted by Crippen LogP contribution is 2.30. The Bertz CT molecular complexity index is 525. The maximum Gasteiger partial charge on any atom is 0.137 e. The van der Waals surface area contributed by atoms with Crippen molar-refractivity contribution >= 4 is 11.8 Å². The molecule has 0 aliphatic rings. The smallest absolute Gasteiger partial charge is 0.137 e. The van der Waals surface area contributed by atoms with Gasteiger partial charge in [0.1, 0.15) is 5.82 Å². The van der Waals surface area contributed by atoms with Gasteiger partial charge in [0, 0.05) is 18.1 Å². The number of aromatic nitrogens is 2. The predicted octanol–water partition coefficient (Wildman–Crippen LogP) is 2.76. The highest BCUT2D eigenvalue weighted by atomic mass is 32.2. The van der Waals surface area contributed by atoms with Gasteiger partial charge in [-0.3, -0.25) is 4.68 Å². The lowest BCUT2D eigenvalue weighted by molar-refractivity contribution is 0.198. The van der Waals surface area contributed by atoms with Gasteiger partial charge in [-0.15, -0.1) is 0 Å². The summed E-state index contributed by atoms with van der Waals surface area (Å²) in [5.74, 6) is -0.322. The first-order valence-corrected chi connectivity index (χ1v) is 6.02. The van der Waals surface area contributed by atoms with Crippen molar-refractivity contribution in [3.8, 4) is 0 Å². The molecule has 1 N–H and O–H groups in total. The van der Waals surface area contributed by atoms with Gasteiger partial charge in [-0.25, -0.2) is 4.39 Å². The van der Waals surface area contributed by atoms with Crippen LogP contribution in [-0.2, 0) is 7.05 Å². The Balaban J connectivity index is 2.22. The Hall–Kier alpha value is -1.33. The summed E-state index contributed by atoms with van der Waals surface area (Å²) in [4.78, 5) is 1.42. The van der Waals surface area contributed by atoms with Crippen LogP contribution < -0.4 is 0 Å². The molecular formula is C12H13FN2OS. The quantitative estimate of drug-likeness (QED) is 0.912. The fraction of sp³-hybridized carbons (Fsp3) is 0.250. The first-order valence-electron chi connectivity index (χ1n) is 5.20. The topological polar surface area (TPSA) is 38.1 Å². The molecule has 17 heavy (non-hydrogen) atoms. The molecule has 5 heteroatoms. The fourth-order valence-electron chi connectivity index (χ4n) is 1.44. The largest absolute Gasteiger partial charge is 0.389 e. The van der Waals surface area contributed by atoms with E-state index in [1.54, 1.807) is 29.9 Å². The fourth-order valence-corrected chi connectivity index (χ4v) is 2.29. The van der Waals surface area contributed by atoms with E-state index in [2.05, 4.69) is 5.10 Å². The Morgan fingerprint density at radius 1 is 1.47 bits per heavy atom. The number of nitrogens with zero attached hydrogens (tertiary/aromatic N) is 2. The highest BCUT2D eigenvalue weighted by Gasteiger charge is 2.09. The van der Waals surface area contributed by atoms with Gasteiger partial charge in [0.05, 0.1) is 17.2 Å². The zero-order valence-electron chi connectivity index (χ0n) is 9.59. The number of aliphatic hydroxyl groups excluding tert-OH is 1. The Kier molecular flexibility index (Phi) is 3.49. The molecule has 0 bridgehead atoms. The third-order valence-corrected chi connectivity index (χ3v) is 3.34. The maximum atomic E-state index is 13.7. The lowest BCUT2D eigenvalue weighted by Gasteiger charge is -2.07. The van der Waals surface area contributed by atoms with Crippen molar-refractivity contribution in [2.45, 2.75) is 22.8 Å². The third-order valence-electron chi connectivity index (χ3n) is 2.35. The molecule has 3 nitrogen and oxygen atoms in total. The van der Waals surface area contributed by atoms with E-state index >= 15 is 0 Å². The summed E-state index contributed by atoms with van der Waals surface area (Å²) in [5, 5.41) is 13.4. The van der Waals surface area contributed by atoms with Crippen molar-refractivity contribution < 1.29 is 9.50 Å². The second-order valence-corrected chi connectivity index (χ2v) is 4.93. The molecule has 0 amide bonds. The summed E-state index contributed by atoms with van der Waals surface area (Å²) >= 11 is 1.32. The van der Waals surface area contributed by atoms with Gasteiger partial charge in [0.15, 0.2) is 0 Å². The van der Waals surface area contributed by atoms with Crippen LogP contribution in [0.15, 0.2) is 40.4 Å². The molecule has 1 aromatic heterocycles. The molecule has 0 unspecified atom stereocenters. The van der Waals surface area contributed by atoms with Crippen LogP contribution in [0.4, 0.5) is 4.39 Å². The number of aliphatic hydroxyl groups is 1. The molecule has 0 aliphatic heterocycles. The first kappa shape index (κ1) is 12.1. The monoisotopic (exact) mass is 252 g/mol. The lowest BCUT2D eigenvalue weighted by atomic mass is 10.1. The number of hydrogen-bond acceptors (Lipinski definition) is 3. The van der Waals surface area contributed by atoms with E-state index in [0.717, 1.165) is 4.90 Å². The van der Waals surface area contributed by atoms with E-state index < -0.39 is 6.10 Å². The van der Waals surface area contributed by atoms with Gasteiger partial charge in [-0.05, 0) is 24.6 Å². The molecule has 0 aliphatic carbocycles. The molecule has 1 aromatic carbocycles. The van der Waals surface area contributed by atoms with Gasteiger partial charge in [0.2, 0.25) is 0 Å². The van der Waals surface area contributed by atoms with Crippen molar-refractivity contribution in [1.82, 2.24) is 9.78 Å². The van der Waals surface area contributed by atoms with Crippen molar-refractivity contribution in [1.29, 1.82) is 0 Å². The van der Waals surface area contributed by atoms with Crippen LogP contribution in [0.2, 0.25) is 0 Å². The molecule has 0 saturated carbocycles. The molecule has 2 aromatic rings. The van der Waals surface area contributed by atoms with E-state index in [1.807, 2.05) is 13.2 Å². The van der Waals surface area contributed by atoms with E-state index in [-0.39, 0.29) is 5.82 Å². The Morgan fingerprint density at radius 2 is 2.24 bits per heavy atom. The van der Waals surface area contributed by atoms with Crippen molar-refractivity contribution in [3.63, 3.8) is 0 Å². The van der Waals surface area contributed by atoms with Gasteiger partial charge in [-0.1, -0.05) is 17.8 Å². The molecule has 0 fully saturated rings. The summed E-state index contributed by atoms with van der Waals surface area (Å²) in [7, 11) is 1.82. The summed E-state index contributed by atoms with van der Waals surface area (Å²) in [6.07, 6.45) is 2.86. The molecule has 0 radical (unpaired) electrons. The number of hydrogen-bond donors (Lipinski definition) is 1.